The summed E-state index contributed by atoms with van der Waals surface area (Å²) in [5.41, 5.74) is 2.38. The Morgan fingerprint density at radius 3 is 2.73 bits per heavy atom. The van der Waals surface area contributed by atoms with Crippen molar-refractivity contribution < 1.29 is 24.5 Å². The third kappa shape index (κ3) is 6.83. The summed E-state index contributed by atoms with van der Waals surface area (Å²) in [6, 6.07) is 6.03. The summed E-state index contributed by atoms with van der Waals surface area (Å²) < 4.78 is 11.3. The molecule has 1 aromatic carbocycles. The van der Waals surface area contributed by atoms with Gasteiger partial charge in [0, 0.05) is 5.92 Å². The first-order valence-corrected chi connectivity index (χ1v) is 12.8. The summed E-state index contributed by atoms with van der Waals surface area (Å²) in [4.78, 5) is 12.2. The summed E-state index contributed by atoms with van der Waals surface area (Å²) in [6.07, 6.45) is 9.57. The molecule has 0 spiro atoms. The molecule has 2 aliphatic carbocycles. The number of ether oxygens (including phenoxy) is 2. The lowest BCUT2D eigenvalue weighted by Gasteiger charge is -2.31. The molecule has 0 aromatic heterocycles. The lowest BCUT2D eigenvalue weighted by molar-refractivity contribution is -0.152. The van der Waals surface area contributed by atoms with E-state index in [1.807, 2.05) is 39.0 Å². The van der Waals surface area contributed by atoms with E-state index in [9.17, 15) is 15.0 Å². The van der Waals surface area contributed by atoms with Gasteiger partial charge in [-0.3, -0.25) is 0 Å². The average Bonchev–Trinajstić information content (AvgIpc) is 3.08. The molecule has 1 saturated carbocycles. The van der Waals surface area contributed by atoms with Gasteiger partial charge in [-0.25, -0.2) is 4.79 Å². The highest BCUT2D eigenvalue weighted by Gasteiger charge is 2.44. The van der Waals surface area contributed by atoms with Crippen LogP contribution in [-0.2, 0) is 22.4 Å². The van der Waals surface area contributed by atoms with Gasteiger partial charge in [0.2, 0.25) is 0 Å². The summed E-state index contributed by atoms with van der Waals surface area (Å²) in [6.45, 7) is 8.01. The van der Waals surface area contributed by atoms with E-state index in [1.54, 1.807) is 0 Å². The minimum atomic E-state index is -0.433. The third-order valence-electron chi connectivity index (χ3n) is 7.50. The molecule has 33 heavy (non-hydrogen) atoms. The van der Waals surface area contributed by atoms with Gasteiger partial charge in [-0.1, -0.05) is 64.3 Å². The fourth-order valence-corrected chi connectivity index (χ4v) is 5.21. The van der Waals surface area contributed by atoms with E-state index in [1.165, 1.54) is 5.56 Å². The fraction of sp³-hybridized carbons (Fsp3) is 0.679. The van der Waals surface area contributed by atoms with Gasteiger partial charge in [0.25, 0.3) is 0 Å². The first kappa shape index (κ1) is 25.8. The summed E-state index contributed by atoms with van der Waals surface area (Å²) in [7, 11) is 0. The van der Waals surface area contributed by atoms with Crippen molar-refractivity contribution in [1.82, 2.24) is 0 Å². The van der Waals surface area contributed by atoms with Gasteiger partial charge >= 0.3 is 5.97 Å². The predicted octanol–water partition coefficient (Wildman–Crippen LogP) is 4.86. The van der Waals surface area contributed by atoms with Crippen LogP contribution in [-0.4, -0.2) is 41.1 Å². The molecule has 0 bridgehead atoms. The van der Waals surface area contributed by atoms with E-state index in [0.717, 1.165) is 56.3 Å². The molecular weight excluding hydrogens is 416 g/mol. The zero-order chi connectivity index (χ0) is 24.0. The van der Waals surface area contributed by atoms with Crippen LogP contribution >= 0.6 is 0 Å². The number of aliphatic hydroxyl groups excluding tert-OH is 2. The lowest BCUT2D eigenvalue weighted by Crippen LogP contribution is -2.27. The van der Waals surface area contributed by atoms with E-state index in [2.05, 4.69) is 19.1 Å². The molecule has 0 saturated heterocycles. The van der Waals surface area contributed by atoms with Crippen LogP contribution in [0.15, 0.2) is 30.4 Å². The largest absolute Gasteiger partial charge is 0.482 e. The summed E-state index contributed by atoms with van der Waals surface area (Å²) in [5.74, 6) is 1.47. The second-order valence-electron chi connectivity index (χ2n) is 10.3. The van der Waals surface area contributed by atoms with Crippen LogP contribution in [0.4, 0.5) is 0 Å². The Morgan fingerprint density at radius 1 is 1.21 bits per heavy atom. The number of hydrogen-bond donors (Lipinski definition) is 2. The van der Waals surface area contributed by atoms with E-state index in [4.69, 9.17) is 9.47 Å². The molecule has 2 N–H and O–H groups in total. The Labute approximate surface area is 199 Å². The number of esters is 1. The second kappa shape index (κ2) is 12.0. The van der Waals surface area contributed by atoms with Gasteiger partial charge in [-0.15, -0.1) is 0 Å². The molecule has 0 aliphatic heterocycles. The maximum Gasteiger partial charge on any atom is 0.344 e. The van der Waals surface area contributed by atoms with Crippen molar-refractivity contribution in [1.29, 1.82) is 0 Å². The monoisotopic (exact) mass is 458 g/mol. The van der Waals surface area contributed by atoms with Crippen LogP contribution in [0.2, 0.25) is 0 Å². The van der Waals surface area contributed by atoms with Crippen LogP contribution in [0.5, 0.6) is 5.75 Å². The van der Waals surface area contributed by atoms with Crippen molar-refractivity contribution in [2.45, 2.75) is 91.0 Å². The zero-order valence-corrected chi connectivity index (χ0v) is 20.7. The number of rotatable bonds is 11. The molecule has 5 nitrogen and oxygen atoms in total. The molecule has 2 aliphatic rings. The maximum absolute atomic E-state index is 12.2. The standard InChI is InChI=1S/C28H42O5/c1-5-6-7-10-22(29)12-13-23-24-14-20-9-8-11-27(25(20)15-21(24)16-26(23)30)32-17-28(31)33-19(4)18(2)3/h8-9,11-13,18-19,21-24,26,29-30H,5-7,10,14-17H2,1-4H3/b13-12+/t19-,21+,22+,23-,24+,26-/m1/s1. The van der Waals surface area contributed by atoms with Crippen molar-refractivity contribution in [2.24, 2.45) is 23.7 Å². The number of carbonyl (C=O) groups is 1. The van der Waals surface area contributed by atoms with Crippen LogP contribution < -0.4 is 4.74 Å². The van der Waals surface area contributed by atoms with Gasteiger partial charge in [-0.05, 0) is 67.6 Å². The highest BCUT2D eigenvalue weighted by atomic mass is 16.6. The van der Waals surface area contributed by atoms with Crippen LogP contribution in [0.25, 0.3) is 0 Å². The number of fused-ring (bicyclic) bond motifs is 2. The predicted molar refractivity (Wildman–Crippen MR) is 130 cm³/mol. The van der Waals surface area contributed by atoms with Gasteiger partial charge in [0.15, 0.2) is 6.61 Å². The van der Waals surface area contributed by atoms with Crippen LogP contribution in [0, 0.1) is 23.7 Å². The Balaban J connectivity index is 1.63. The molecule has 1 fully saturated rings. The van der Waals surface area contributed by atoms with Crippen molar-refractivity contribution in [3.63, 3.8) is 0 Å². The molecule has 0 amide bonds. The number of unbranched alkanes of at least 4 members (excludes halogenated alkanes) is 2. The molecule has 0 radical (unpaired) electrons. The minimum absolute atomic E-state index is 0.0704. The van der Waals surface area contributed by atoms with Crippen molar-refractivity contribution >= 4 is 5.97 Å². The number of aliphatic hydroxyl groups is 2. The fourth-order valence-electron chi connectivity index (χ4n) is 5.21. The molecule has 3 rings (SSSR count). The topological polar surface area (TPSA) is 76.0 Å². The Bertz CT molecular complexity index is 801. The SMILES string of the molecule is CCCCC[C@H](O)/C=C/[C@@H]1[C@H]2Cc3cccc(OCC(=O)O[C@H](C)C(C)C)c3C[C@H]2C[C@H]1O. The van der Waals surface area contributed by atoms with E-state index >= 15 is 0 Å². The Morgan fingerprint density at radius 2 is 2.00 bits per heavy atom. The summed E-state index contributed by atoms with van der Waals surface area (Å²) in [5, 5.41) is 21.1. The normalized spacial score (nSPS) is 26.2. The molecule has 5 heteroatoms. The smallest absolute Gasteiger partial charge is 0.344 e. The van der Waals surface area contributed by atoms with E-state index in [-0.39, 0.29) is 36.6 Å². The van der Waals surface area contributed by atoms with Gasteiger partial charge in [-0.2, -0.15) is 0 Å². The molecule has 1 aromatic rings. The quantitative estimate of drug-likeness (QED) is 0.281. The zero-order valence-electron chi connectivity index (χ0n) is 20.7. The third-order valence-corrected chi connectivity index (χ3v) is 7.50. The van der Waals surface area contributed by atoms with Crippen molar-refractivity contribution in [2.75, 3.05) is 6.61 Å². The molecular formula is C28H42O5. The lowest BCUT2D eigenvalue weighted by atomic mass is 9.74. The number of hydrogen-bond acceptors (Lipinski definition) is 5. The van der Waals surface area contributed by atoms with Gasteiger partial charge < -0.3 is 19.7 Å². The molecule has 0 heterocycles. The highest BCUT2D eigenvalue weighted by Crippen LogP contribution is 2.47. The minimum Gasteiger partial charge on any atom is -0.482 e. The first-order valence-electron chi connectivity index (χ1n) is 12.8. The Kier molecular flexibility index (Phi) is 9.39. The van der Waals surface area contributed by atoms with Gasteiger partial charge in [0.05, 0.1) is 12.2 Å². The molecule has 0 unspecified atom stereocenters. The van der Waals surface area contributed by atoms with Crippen LogP contribution in [0.1, 0.15) is 70.9 Å². The molecule has 184 valence electrons. The molecule has 6 atom stereocenters. The highest BCUT2D eigenvalue weighted by molar-refractivity contribution is 5.71. The number of carbonyl (C=O) groups excluding carboxylic acids is 1. The maximum atomic E-state index is 12.2. The number of benzene rings is 1. The van der Waals surface area contributed by atoms with E-state index < -0.39 is 6.10 Å². The first-order chi connectivity index (χ1) is 15.8. The Hall–Kier alpha value is -1.85. The van der Waals surface area contributed by atoms with Crippen molar-refractivity contribution in [3.8, 4) is 5.75 Å². The second-order valence-corrected chi connectivity index (χ2v) is 10.3. The van der Waals surface area contributed by atoms with E-state index in [0.29, 0.717) is 11.8 Å². The average molecular weight is 459 g/mol. The van der Waals surface area contributed by atoms with Crippen LogP contribution in [0.3, 0.4) is 0 Å². The van der Waals surface area contributed by atoms with Crippen molar-refractivity contribution in [3.05, 3.63) is 41.5 Å². The van der Waals surface area contributed by atoms with Gasteiger partial charge in [0.1, 0.15) is 11.9 Å². The summed E-state index contributed by atoms with van der Waals surface area (Å²) >= 11 is 0.